The SMILES string of the molecule is CCC(=O)c1ccc(OCC2CO2)c2oc(CC)cc12. The van der Waals surface area contributed by atoms with E-state index >= 15 is 0 Å². The summed E-state index contributed by atoms with van der Waals surface area (Å²) in [5.74, 6) is 1.67. The normalized spacial score (nSPS) is 17.4. The molecule has 1 saturated heterocycles. The molecule has 0 bridgehead atoms. The van der Waals surface area contributed by atoms with Gasteiger partial charge in [-0.25, -0.2) is 0 Å². The van der Waals surface area contributed by atoms with E-state index in [0.29, 0.717) is 29.9 Å². The van der Waals surface area contributed by atoms with Crippen molar-refractivity contribution < 1.29 is 18.7 Å². The number of aryl methyl sites for hydroxylation is 1. The first kappa shape index (κ1) is 13.2. The first-order valence-corrected chi connectivity index (χ1v) is 7.06. The Bertz CT molecular complexity index is 637. The predicted molar refractivity (Wildman–Crippen MR) is 75.4 cm³/mol. The zero-order valence-corrected chi connectivity index (χ0v) is 11.8. The summed E-state index contributed by atoms with van der Waals surface area (Å²) >= 11 is 0. The van der Waals surface area contributed by atoms with Crippen molar-refractivity contribution in [3.63, 3.8) is 0 Å². The molecule has 1 atom stereocenters. The molecule has 0 aliphatic carbocycles. The van der Waals surface area contributed by atoms with Gasteiger partial charge in [-0.3, -0.25) is 4.79 Å². The summed E-state index contributed by atoms with van der Waals surface area (Å²) in [6.07, 6.45) is 1.47. The van der Waals surface area contributed by atoms with E-state index in [9.17, 15) is 4.79 Å². The Morgan fingerprint density at radius 1 is 1.40 bits per heavy atom. The molecular formula is C16H18O4. The molecule has 1 aromatic carbocycles. The van der Waals surface area contributed by atoms with Gasteiger partial charge >= 0.3 is 0 Å². The Morgan fingerprint density at radius 2 is 2.20 bits per heavy atom. The summed E-state index contributed by atoms with van der Waals surface area (Å²) in [6, 6.07) is 5.58. The van der Waals surface area contributed by atoms with Crippen LogP contribution in [0.5, 0.6) is 5.75 Å². The summed E-state index contributed by atoms with van der Waals surface area (Å²) in [5, 5.41) is 0.850. The number of furan rings is 1. The number of rotatable bonds is 6. The fraction of sp³-hybridized carbons (Fsp3) is 0.438. The van der Waals surface area contributed by atoms with Crippen LogP contribution in [0, 0.1) is 0 Å². The molecule has 1 fully saturated rings. The summed E-state index contributed by atoms with van der Waals surface area (Å²) in [7, 11) is 0. The Hall–Kier alpha value is -1.81. The van der Waals surface area contributed by atoms with E-state index in [2.05, 4.69) is 0 Å². The molecule has 4 nitrogen and oxygen atoms in total. The van der Waals surface area contributed by atoms with Crippen LogP contribution in [0.1, 0.15) is 36.4 Å². The maximum Gasteiger partial charge on any atom is 0.176 e. The van der Waals surface area contributed by atoms with Gasteiger partial charge in [0.05, 0.1) is 6.61 Å². The van der Waals surface area contributed by atoms with Crippen molar-refractivity contribution in [2.75, 3.05) is 13.2 Å². The number of carbonyl (C=O) groups excluding carboxylic acids is 1. The van der Waals surface area contributed by atoms with Gasteiger partial charge in [-0.2, -0.15) is 0 Å². The number of hydrogen-bond acceptors (Lipinski definition) is 4. The minimum absolute atomic E-state index is 0.121. The van der Waals surface area contributed by atoms with Gasteiger partial charge in [-0.15, -0.1) is 0 Å². The highest BCUT2D eigenvalue weighted by Crippen LogP contribution is 2.33. The molecule has 106 valence electrons. The molecule has 2 heterocycles. The van der Waals surface area contributed by atoms with Gasteiger partial charge in [-0.05, 0) is 18.2 Å². The van der Waals surface area contributed by atoms with Crippen molar-refractivity contribution >= 4 is 16.8 Å². The fourth-order valence-corrected chi connectivity index (χ4v) is 2.22. The quantitative estimate of drug-likeness (QED) is 0.598. The molecule has 1 aliphatic rings. The average Bonchev–Trinajstić information content (AvgIpc) is 3.20. The number of hydrogen-bond donors (Lipinski definition) is 0. The van der Waals surface area contributed by atoms with E-state index in [4.69, 9.17) is 13.9 Å². The van der Waals surface area contributed by atoms with Crippen molar-refractivity contribution in [1.29, 1.82) is 0 Å². The van der Waals surface area contributed by atoms with E-state index in [1.165, 1.54) is 0 Å². The van der Waals surface area contributed by atoms with Crippen molar-refractivity contribution in [3.8, 4) is 5.75 Å². The van der Waals surface area contributed by atoms with E-state index in [0.717, 1.165) is 24.2 Å². The molecule has 0 saturated carbocycles. The summed E-state index contributed by atoms with van der Waals surface area (Å²) in [4.78, 5) is 12.0. The first-order valence-electron chi connectivity index (χ1n) is 7.06. The lowest BCUT2D eigenvalue weighted by atomic mass is 10.0. The van der Waals surface area contributed by atoms with Crippen LogP contribution in [0.2, 0.25) is 0 Å². The van der Waals surface area contributed by atoms with Crippen molar-refractivity contribution in [3.05, 3.63) is 29.5 Å². The second-order valence-corrected chi connectivity index (χ2v) is 4.96. The lowest BCUT2D eigenvalue weighted by Gasteiger charge is -2.07. The molecule has 1 aromatic heterocycles. The van der Waals surface area contributed by atoms with Crippen LogP contribution in [-0.2, 0) is 11.2 Å². The maximum absolute atomic E-state index is 12.0. The average molecular weight is 274 g/mol. The van der Waals surface area contributed by atoms with Crippen LogP contribution in [0.15, 0.2) is 22.6 Å². The number of ketones is 1. The number of Topliss-reactive ketones (excluding diaryl/α,β-unsaturated/α-hetero) is 1. The topological polar surface area (TPSA) is 52.0 Å². The third kappa shape index (κ3) is 2.43. The van der Waals surface area contributed by atoms with Gasteiger partial charge < -0.3 is 13.9 Å². The van der Waals surface area contributed by atoms with Crippen LogP contribution in [0.4, 0.5) is 0 Å². The Labute approximate surface area is 117 Å². The molecular weight excluding hydrogens is 256 g/mol. The van der Waals surface area contributed by atoms with Crippen LogP contribution in [0.25, 0.3) is 11.0 Å². The minimum atomic E-state index is 0.121. The number of carbonyl (C=O) groups is 1. The zero-order valence-electron chi connectivity index (χ0n) is 11.8. The highest BCUT2D eigenvalue weighted by Gasteiger charge is 2.24. The first-order chi connectivity index (χ1) is 9.72. The third-order valence-corrected chi connectivity index (χ3v) is 3.50. The van der Waals surface area contributed by atoms with Gasteiger partial charge in [0, 0.05) is 23.8 Å². The molecule has 4 heteroatoms. The molecule has 1 aliphatic heterocycles. The van der Waals surface area contributed by atoms with Crippen LogP contribution >= 0.6 is 0 Å². The van der Waals surface area contributed by atoms with Gasteiger partial charge in [-0.1, -0.05) is 13.8 Å². The second kappa shape index (κ2) is 5.29. The van der Waals surface area contributed by atoms with E-state index in [-0.39, 0.29) is 11.9 Å². The molecule has 0 amide bonds. The monoisotopic (exact) mass is 274 g/mol. The lowest BCUT2D eigenvalue weighted by Crippen LogP contribution is -2.05. The van der Waals surface area contributed by atoms with E-state index < -0.39 is 0 Å². The van der Waals surface area contributed by atoms with E-state index in [1.54, 1.807) is 0 Å². The minimum Gasteiger partial charge on any atom is -0.487 e. The third-order valence-electron chi connectivity index (χ3n) is 3.50. The summed E-state index contributed by atoms with van der Waals surface area (Å²) in [6.45, 7) is 5.17. The van der Waals surface area contributed by atoms with Gasteiger partial charge in [0.25, 0.3) is 0 Å². The Kier molecular flexibility index (Phi) is 3.49. The predicted octanol–water partition coefficient (Wildman–Crippen LogP) is 3.37. The zero-order chi connectivity index (χ0) is 14.1. The Morgan fingerprint density at radius 3 is 2.85 bits per heavy atom. The fourth-order valence-electron chi connectivity index (χ4n) is 2.22. The Balaban J connectivity index is 2.02. The molecule has 0 N–H and O–H groups in total. The summed E-state index contributed by atoms with van der Waals surface area (Å²) < 4.78 is 16.7. The second-order valence-electron chi connectivity index (χ2n) is 4.96. The van der Waals surface area contributed by atoms with Gasteiger partial charge in [0.15, 0.2) is 17.1 Å². The van der Waals surface area contributed by atoms with E-state index in [1.807, 2.05) is 32.0 Å². The van der Waals surface area contributed by atoms with Crippen LogP contribution in [0.3, 0.4) is 0 Å². The molecule has 1 unspecified atom stereocenters. The van der Waals surface area contributed by atoms with Crippen molar-refractivity contribution in [2.24, 2.45) is 0 Å². The van der Waals surface area contributed by atoms with Crippen molar-refractivity contribution in [1.82, 2.24) is 0 Å². The molecule has 2 aromatic rings. The number of benzene rings is 1. The molecule has 3 rings (SSSR count). The van der Waals surface area contributed by atoms with Crippen LogP contribution in [-0.4, -0.2) is 25.1 Å². The van der Waals surface area contributed by atoms with Crippen LogP contribution < -0.4 is 4.74 Å². The van der Waals surface area contributed by atoms with Gasteiger partial charge in [0.1, 0.15) is 18.5 Å². The largest absolute Gasteiger partial charge is 0.487 e. The molecule has 0 radical (unpaired) electrons. The maximum atomic E-state index is 12.0. The summed E-state index contributed by atoms with van der Waals surface area (Å²) in [5.41, 5.74) is 1.38. The number of fused-ring (bicyclic) bond motifs is 1. The van der Waals surface area contributed by atoms with Crippen molar-refractivity contribution in [2.45, 2.75) is 32.8 Å². The molecule has 20 heavy (non-hydrogen) atoms. The smallest absolute Gasteiger partial charge is 0.176 e. The number of ether oxygens (including phenoxy) is 2. The molecule has 0 spiro atoms. The van der Waals surface area contributed by atoms with Gasteiger partial charge in [0.2, 0.25) is 0 Å². The number of epoxide rings is 1. The highest BCUT2D eigenvalue weighted by molar-refractivity contribution is 6.08. The highest BCUT2D eigenvalue weighted by atomic mass is 16.6. The lowest BCUT2D eigenvalue weighted by molar-refractivity contribution is 0.0989. The standard InChI is InChI=1S/C16H18O4/c1-3-10-7-13-12(14(17)4-2)5-6-15(16(13)20-10)19-9-11-8-18-11/h5-7,11H,3-4,8-9H2,1-2H3.